The van der Waals surface area contributed by atoms with Gasteiger partial charge in [0.05, 0.1) is 11.8 Å². The van der Waals surface area contributed by atoms with Crippen molar-refractivity contribution in [2.45, 2.75) is 38.0 Å². The van der Waals surface area contributed by atoms with E-state index in [1.165, 1.54) is 12.8 Å². The molecule has 0 spiro atoms. The third kappa shape index (κ3) is 3.10. The first-order valence-electron chi connectivity index (χ1n) is 8.98. The Kier molecular flexibility index (Phi) is 4.36. The van der Waals surface area contributed by atoms with Crippen LogP contribution >= 0.6 is 0 Å². The van der Waals surface area contributed by atoms with Crippen molar-refractivity contribution in [3.8, 4) is 6.07 Å². The highest BCUT2D eigenvalue weighted by Crippen LogP contribution is 2.37. The summed E-state index contributed by atoms with van der Waals surface area (Å²) in [5.41, 5.74) is 3.10. The van der Waals surface area contributed by atoms with Crippen molar-refractivity contribution >= 4 is 16.6 Å². The fraction of sp³-hybridized carbons (Fsp3) is 0.556. The predicted molar refractivity (Wildman–Crippen MR) is 95.1 cm³/mol. The zero-order valence-corrected chi connectivity index (χ0v) is 14.5. The standard InChI is InChI=1S/C18H23N7/c1-24(10-2-8-19)11-13-3-5-14(6-4-13)16-17-15-7-9-20-18(15)21-12-25(17)23-22-16/h7,9,12-14,20H,2-6,10-11H2,1H3. The number of hydrogen-bond donors (Lipinski definition) is 1. The average Bonchev–Trinajstić information content (AvgIpc) is 3.26. The largest absolute Gasteiger partial charge is 0.346 e. The molecule has 0 radical (unpaired) electrons. The predicted octanol–water partition coefficient (Wildman–Crippen LogP) is 2.72. The maximum Gasteiger partial charge on any atom is 0.141 e. The van der Waals surface area contributed by atoms with Gasteiger partial charge in [-0.2, -0.15) is 5.26 Å². The molecule has 0 atom stereocenters. The van der Waals surface area contributed by atoms with Gasteiger partial charge in [0.1, 0.15) is 17.5 Å². The second-order valence-electron chi connectivity index (χ2n) is 7.14. The Bertz CT molecular complexity index is 895. The van der Waals surface area contributed by atoms with Crippen molar-refractivity contribution in [1.29, 1.82) is 5.26 Å². The van der Waals surface area contributed by atoms with Crippen LogP contribution in [-0.2, 0) is 0 Å². The molecular weight excluding hydrogens is 314 g/mol. The molecule has 130 valence electrons. The second kappa shape index (κ2) is 6.81. The monoisotopic (exact) mass is 337 g/mol. The molecule has 25 heavy (non-hydrogen) atoms. The van der Waals surface area contributed by atoms with E-state index in [4.69, 9.17) is 5.26 Å². The Morgan fingerprint density at radius 3 is 3.00 bits per heavy atom. The van der Waals surface area contributed by atoms with Crippen LogP contribution in [0.5, 0.6) is 0 Å². The zero-order chi connectivity index (χ0) is 17.2. The number of aromatic nitrogens is 5. The second-order valence-corrected chi connectivity index (χ2v) is 7.14. The Morgan fingerprint density at radius 1 is 1.36 bits per heavy atom. The van der Waals surface area contributed by atoms with Crippen molar-refractivity contribution in [2.75, 3.05) is 20.1 Å². The van der Waals surface area contributed by atoms with Crippen LogP contribution in [0.15, 0.2) is 18.6 Å². The van der Waals surface area contributed by atoms with Crippen LogP contribution in [0.4, 0.5) is 0 Å². The molecule has 1 aliphatic carbocycles. The minimum Gasteiger partial charge on any atom is -0.346 e. The minimum atomic E-state index is 0.471. The van der Waals surface area contributed by atoms with Gasteiger partial charge in [-0.05, 0) is 44.7 Å². The summed E-state index contributed by atoms with van der Waals surface area (Å²) in [6, 6.07) is 4.28. The number of nitrogens with one attached hydrogen (secondary N) is 1. The van der Waals surface area contributed by atoms with Gasteiger partial charge < -0.3 is 9.88 Å². The molecule has 0 unspecified atom stereocenters. The first kappa shape index (κ1) is 16.0. The summed E-state index contributed by atoms with van der Waals surface area (Å²) in [6.45, 7) is 1.95. The van der Waals surface area contributed by atoms with Crippen molar-refractivity contribution < 1.29 is 0 Å². The first-order chi connectivity index (χ1) is 12.3. The fourth-order valence-corrected chi connectivity index (χ4v) is 4.09. The smallest absolute Gasteiger partial charge is 0.141 e. The van der Waals surface area contributed by atoms with Crippen molar-refractivity contribution in [2.24, 2.45) is 5.92 Å². The lowest BCUT2D eigenvalue weighted by atomic mass is 9.80. The maximum absolute atomic E-state index is 8.71. The Morgan fingerprint density at radius 2 is 2.20 bits per heavy atom. The average molecular weight is 337 g/mol. The summed E-state index contributed by atoms with van der Waals surface area (Å²) in [5, 5.41) is 18.6. The van der Waals surface area contributed by atoms with Crippen molar-refractivity contribution in [3.63, 3.8) is 0 Å². The van der Waals surface area contributed by atoms with E-state index in [1.54, 1.807) is 10.8 Å². The number of rotatable bonds is 5. The highest BCUT2D eigenvalue weighted by molar-refractivity contribution is 5.92. The van der Waals surface area contributed by atoms with Gasteiger partial charge in [-0.3, -0.25) is 0 Å². The number of nitrogens with zero attached hydrogens (tertiary/aromatic N) is 6. The van der Waals surface area contributed by atoms with E-state index < -0.39 is 0 Å². The quantitative estimate of drug-likeness (QED) is 0.773. The molecule has 0 saturated heterocycles. The van der Waals surface area contributed by atoms with E-state index in [9.17, 15) is 0 Å². The summed E-state index contributed by atoms with van der Waals surface area (Å²) in [5.74, 6) is 1.19. The lowest BCUT2D eigenvalue weighted by Crippen LogP contribution is -2.29. The third-order valence-electron chi connectivity index (χ3n) is 5.41. The van der Waals surface area contributed by atoms with E-state index in [2.05, 4.69) is 44.4 Å². The lowest BCUT2D eigenvalue weighted by Gasteiger charge is -2.30. The van der Waals surface area contributed by atoms with Gasteiger partial charge in [0.25, 0.3) is 0 Å². The molecule has 0 bridgehead atoms. The maximum atomic E-state index is 8.71. The van der Waals surface area contributed by atoms with Crippen LogP contribution < -0.4 is 0 Å². The van der Waals surface area contributed by atoms with Gasteiger partial charge in [0.15, 0.2) is 0 Å². The minimum absolute atomic E-state index is 0.471. The lowest BCUT2D eigenvalue weighted by molar-refractivity contribution is 0.225. The van der Waals surface area contributed by atoms with Crippen LogP contribution in [0.1, 0.15) is 43.7 Å². The van der Waals surface area contributed by atoms with Crippen LogP contribution in [0.3, 0.4) is 0 Å². The van der Waals surface area contributed by atoms with Crippen LogP contribution in [-0.4, -0.2) is 49.8 Å². The van der Waals surface area contributed by atoms with Gasteiger partial charge in [-0.1, -0.05) is 5.21 Å². The molecule has 1 fully saturated rings. The van der Waals surface area contributed by atoms with E-state index in [0.29, 0.717) is 12.3 Å². The zero-order valence-electron chi connectivity index (χ0n) is 14.5. The SMILES string of the molecule is CN(CCC#N)CC1CCC(c2nnn3cnc4[nH]ccc4c23)CC1. The highest BCUT2D eigenvalue weighted by atomic mass is 15.4. The van der Waals surface area contributed by atoms with Gasteiger partial charge >= 0.3 is 0 Å². The van der Waals surface area contributed by atoms with E-state index in [0.717, 1.165) is 54.1 Å². The van der Waals surface area contributed by atoms with Gasteiger partial charge in [-0.25, -0.2) is 9.50 Å². The molecule has 3 aromatic heterocycles. The summed E-state index contributed by atoms with van der Waals surface area (Å²) in [6.07, 6.45) is 8.99. The van der Waals surface area contributed by atoms with E-state index in [-0.39, 0.29) is 0 Å². The molecule has 0 aliphatic heterocycles. The Balaban J connectivity index is 1.47. The fourth-order valence-electron chi connectivity index (χ4n) is 4.09. The van der Waals surface area contributed by atoms with E-state index in [1.807, 2.05) is 6.20 Å². The van der Waals surface area contributed by atoms with Crippen molar-refractivity contribution in [1.82, 2.24) is 29.7 Å². The number of aromatic amines is 1. The number of H-pyrrole nitrogens is 1. The van der Waals surface area contributed by atoms with E-state index >= 15 is 0 Å². The highest BCUT2D eigenvalue weighted by Gasteiger charge is 2.27. The molecule has 1 N–H and O–H groups in total. The van der Waals surface area contributed by atoms with Gasteiger partial charge in [-0.15, -0.1) is 5.10 Å². The summed E-state index contributed by atoms with van der Waals surface area (Å²) < 4.78 is 1.80. The number of fused-ring (bicyclic) bond motifs is 3. The van der Waals surface area contributed by atoms with Gasteiger partial charge in [0, 0.05) is 37.0 Å². The summed E-state index contributed by atoms with van der Waals surface area (Å²) in [7, 11) is 2.12. The normalized spacial score (nSPS) is 21.2. The molecular formula is C18H23N7. The van der Waals surface area contributed by atoms with Crippen LogP contribution in [0.25, 0.3) is 16.6 Å². The molecule has 1 aliphatic rings. The third-order valence-corrected chi connectivity index (χ3v) is 5.41. The molecule has 1 saturated carbocycles. The van der Waals surface area contributed by atoms with Crippen LogP contribution in [0.2, 0.25) is 0 Å². The summed E-state index contributed by atoms with van der Waals surface area (Å²) in [4.78, 5) is 9.83. The van der Waals surface area contributed by atoms with Crippen LogP contribution in [0, 0.1) is 17.2 Å². The Hall–Kier alpha value is -2.46. The molecule has 0 amide bonds. The first-order valence-corrected chi connectivity index (χ1v) is 8.98. The number of nitriles is 1. The van der Waals surface area contributed by atoms with Gasteiger partial charge in [0.2, 0.25) is 0 Å². The molecule has 7 heteroatoms. The molecule has 0 aromatic carbocycles. The summed E-state index contributed by atoms with van der Waals surface area (Å²) >= 11 is 0. The molecule has 3 heterocycles. The number of hydrogen-bond acceptors (Lipinski definition) is 5. The molecule has 7 nitrogen and oxygen atoms in total. The Labute approximate surface area is 146 Å². The molecule has 3 aromatic rings. The topological polar surface area (TPSA) is 85.9 Å². The van der Waals surface area contributed by atoms with Crippen molar-refractivity contribution in [3.05, 3.63) is 24.3 Å². The molecule has 4 rings (SSSR count).